The molecule has 0 radical (unpaired) electrons. The Bertz CT molecular complexity index is 1440. The summed E-state index contributed by atoms with van der Waals surface area (Å²) in [6.45, 7) is 8.13. The maximum absolute atomic E-state index is 12.4. The summed E-state index contributed by atoms with van der Waals surface area (Å²) < 4.78 is 30.4. The second kappa shape index (κ2) is 10.7. The Labute approximate surface area is 214 Å². The van der Waals surface area contributed by atoms with Gasteiger partial charge in [-0.2, -0.15) is 0 Å². The van der Waals surface area contributed by atoms with Gasteiger partial charge in [0.25, 0.3) is 0 Å². The van der Waals surface area contributed by atoms with Crippen molar-refractivity contribution in [2.45, 2.75) is 50.5 Å². The third-order valence-corrected chi connectivity index (χ3v) is 7.99. The van der Waals surface area contributed by atoms with Crippen LogP contribution in [-0.4, -0.2) is 46.5 Å². The van der Waals surface area contributed by atoms with Crippen LogP contribution in [0, 0.1) is 6.92 Å². The second-order valence-corrected chi connectivity index (χ2v) is 11.6. The van der Waals surface area contributed by atoms with Crippen molar-refractivity contribution in [3.05, 3.63) is 72.1 Å². The quantitative estimate of drug-likeness (QED) is 0.326. The molecule has 36 heavy (non-hydrogen) atoms. The van der Waals surface area contributed by atoms with E-state index in [9.17, 15) is 13.5 Å². The van der Waals surface area contributed by atoms with Crippen molar-refractivity contribution in [3.8, 4) is 34.0 Å². The minimum Gasteiger partial charge on any atom is -0.392 e. The van der Waals surface area contributed by atoms with E-state index in [1.165, 1.54) is 0 Å². The van der Waals surface area contributed by atoms with Gasteiger partial charge >= 0.3 is 0 Å². The molecule has 2 aromatic carbocycles. The summed E-state index contributed by atoms with van der Waals surface area (Å²) in [7, 11) is -3.34. The highest BCUT2D eigenvalue weighted by Crippen LogP contribution is 2.29. The predicted octanol–water partition coefficient (Wildman–Crippen LogP) is 4.92. The van der Waals surface area contributed by atoms with E-state index in [1.807, 2.05) is 37.3 Å². The van der Waals surface area contributed by atoms with Gasteiger partial charge in [0.2, 0.25) is 0 Å². The lowest BCUT2D eigenvalue weighted by Gasteiger charge is -2.09. The fourth-order valence-corrected chi connectivity index (χ4v) is 4.71. The van der Waals surface area contributed by atoms with Crippen molar-refractivity contribution >= 4 is 9.84 Å². The zero-order valence-corrected chi connectivity index (χ0v) is 21.6. The van der Waals surface area contributed by atoms with Crippen LogP contribution in [0.25, 0.3) is 34.0 Å². The zero-order chi connectivity index (χ0) is 25.9. The molecule has 0 aliphatic heterocycles. The number of hydrogen-bond acceptors (Lipinski definition) is 8. The maximum atomic E-state index is 12.4. The van der Waals surface area contributed by atoms with Crippen LogP contribution in [0.4, 0.5) is 0 Å². The van der Waals surface area contributed by atoms with Crippen LogP contribution in [0.15, 0.2) is 70.2 Å². The topological polar surface area (TPSA) is 118 Å². The predicted molar refractivity (Wildman–Crippen MR) is 143 cm³/mol. The maximum Gasteiger partial charge on any atom is 0.187 e. The smallest absolute Gasteiger partial charge is 0.187 e. The molecule has 2 heterocycles. The van der Waals surface area contributed by atoms with E-state index in [0.29, 0.717) is 41.6 Å². The summed E-state index contributed by atoms with van der Waals surface area (Å²) >= 11 is 0. The van der Waals surface area contributed by atoms with E-state index < -0.39 is 15.1 Å². The summed E-state index contributed by atoms with van der Waals surface area (Å²) in [5.41, 5.74) is 5.33. The Morgan fingerprint density at radius 2 is 1.64 bits per heavy atom. The van der Waals surface area contributed by atoms with Crippen LogP contribution in [0.1, 0.15) is 34.9 Å². The second-order valence-electron chi connectivity index (χ2n) is 9.06. The highest BCUT2D eigenvalue weighted by atomic mass is 32.2. The van der Waals surface area contributed by atoms with Crippen LogP contribution >= 0.6 is 0 Å². The molecule has 0 aliphatic carbocycles. The zero-order valence-electron chi connectivity index (χ0n) is 20.8. The third-order valence-electron chi connectivity index (χ3n) is 5.82. The van der Waals surface area contributed by atoms with Crippen molar-refractivity contribution in [3.63, 3.8) is 0 Å². The minimum atomic E-state index is -3.34. The van der Waals surface area contributed by atoms with Crippen molar-refractivity contribution in [1.29, 1.82) is 0 Å². The van der Waals surface area contributed by atoms with Crippen molar-refractivity contribution in [2.75, 3.05) is 6.54 Å². The van der Waals surface area contributed by atoms with Crippen molar-refractivity contribution < 1.29 is 20.9 Å². The number of nitrogens with one attached hydrogen (secondary N) is 1. The number of rotatable bonds is 9. The summed E-state index contributed by atoms with van der Waals surface area (Å²) in [5, 5.41) is 16.3. The fraction of sp³-hybridized carbons (Fsp3) is 0.296. The average Bonchev–Trinajstić information content (AvgIpc) is 3.34. The molecule has 8 nitrogen and oxygen atoms in total. The molecule has 0 bridgehead atoms. The summed E-state index contributed by atoms with van der Waals surface area (Å²) in [6.07, 6.45) is 1.27. The molecule has 2 N–H and O–H groups in total. The number of nitrogens with zero attached hydrogens (tertiary/aromatic N) is 3. The van der Waals surface area contributed by atoms with Crippen LogP contribution in [0.5, 0.6) is 0 Å². The Morgan fingerprint density at radius 1 is 1.00 bits per heavy atom. The Hall–Kier alpha value is -3.40. The van der Waals surface area contributed by atoms with Gasteiger partial charge in [0.15, 0.2) is 15.6 Å². The van der Waals surface area contributed by atoms with E-state index in [4.69, 9.17) is 9.51 Å². The van der Waals surface area contributed by atoms with Gasteiger partial charge in [-0.15, -0.1) is 0 Å². The highest BCUT2D eigenvalue weighted by molar-refractivity contribution is 7.92. The molecule has 192 valence electrons. The largest absolute Gasteiger partial charge is 0.392 e. The summed E-state index contributed by atoms with van der Waals surface area (Å²) in [4.78, 5) is 9.49. The van der Waals surface area contributed by atoms with E-state index in [2.05, 4.69) is 15.5 Å². The molecule has 0 amide bonds. The molecule has 0 saturated carbocycles. The first-order chi connectivity index (χ1) is 17.1. The normalized spacial score (nSPS) is 12.7. The van der Waals surface area contributed by atoms with Gasteiger partial charge < -0.3 is 14.9 Å². The molecule has 1 unspecified atom stereocenters. The number of aromatic nitrogens is 3. The molecule has 4 aromatic rings. The number of hydrogen-bond donors (Lipinski definition) is 2. The van der Waals surface area contributed by atoms with Crippen molar-refractivity contribution in [1.82, 2.24) is 20.4 Å². The first kappa shape index (κ1) is 25.7. The van der Waals surface area contributed by atoms with Gasteiger partial charge in [-0.3, -0.25) is 4.98 Å². The molecule has 0 aliphatic rings. The van der Waals surface area contributed by atoms with Gasteiger partial charge in [0, 0.05) is 33.1 Å². The number of benzene rings is 2. The molecule has 4 rings (SSSR count). The monoisotopic (exact) mass is 510 g/mol. The van der Waals surface area contributed by atoms with E-state index in [0.717, 1.165) is 16.7 Å². The fourth-order valence-electron chi connectivity index (χ4n) is 3.65. The molecular formula is C27H34N4O4S. The Kier molecular flexibility index (Phi) is 7.63. The Balaban J connectivity index is 0.00000253. The van der Waals surface area contributed by atoms with Crippen LogP contribution < -0.4 is 5.32 Å². The van der Waals surface area contributed by atoms with Crippen LogP contribution in [-0.2, 0) is 16.4 Å². The van der Waals surface area contributed by atoms with Gasteiger partial charge in [-0.25, -0.2) is 13.4 Å². The summed E-state index contributed by atoms with van der Waals surface area (Å²) in [5.74, 6) is 0.499. The SMILES string of the molecule is Cc1ncc(-c2ccc(S(=O)(=O)C(C)C)cc2)nc1-c1cc(-c2ccc(CNCC(C)O)cc2)no1.[HH].[HH]. The first-order valence-corrected chi connectivity index (χ1v) is 13.3. The standard InChI is InChI=1S/C27H30N4O4S.2H2/c1-17(2)36(33,34)23-11-9-22(10-12-23)25-16-29-19(4)27(30-25)26-13-24(31-35-26)21-7-5-20(6-8-21)15-28-14-18(3)32;;/h5-13,16-18,28,32H,14-15H2,1-4H3;2*1H. The minimum absolute atomic E-state index is 0. The number of aryl methyl sites for hydroxylation is 1. The summed E-state index contributed by atoms with van der Waals surface area (Å²) in [6, 6.07) is 16.5. The van der Waals surface area contributed by atoms with Crippen LogP contribution in [0.2, 0.25) is 0 Å². The van der Waals surface area contributed by atoms with E-state index in [-0.39, 0.29) is 13.9 Å². The van der Waals surface area contributed by atoms with E-state index in [1.54, 1.807) is 51.2 Å². The first-order valence-electron chi connectivity index (χ1n) is 11.8. The van der Waals surface area contributed by atoms with Crippen molar-refractivity contribution in [2.24, 2.45) is 0 Å². The third kappa shape index (κ3) is 5.70. The lowest BCUT2D eigenvalue weighted by atomic mass is 10.1. The molecule has 2 aromatic heterocycles. The van der Waals surface area contributed by atoms with Gasteiger partial charge in [-0.05, 0) is 45.4 Å². The molecule has 0 fully saturated rings. The molecule has 9 heteroatoms. The van der Waals surface area contributed by atoms with Gasteiger partial charge in [-0.1, -0.05) is 41.6 Å². The van der Waals surface area contributed by atoms with Gasteiger partial charge in [0.1, 0.15) is 11.4 Å². The lowest BCUT2D eigenvalue weighted by molar-refractivity contribution is 0.191. The molecule has 0 saturated heterocycles. The average molecular weight is 511 g/mol. The highest BCUT2D eigenvalue weighted by Gasteiger charge is 2.19. The number of aliphatic hydroxyl groups is 1. The molecular weight excluding hydrogens is 476 g/mol. The van der Waals surface area contributed by atoms with Crippen LogP contribution in [0.3, 0.4) is 0 Å². The molecule has 0 spiro atoms. The number of sulfone groups is 1. The molecule has 1 atom stereocenters. The van der Waals surface area contributed by atoms with Gasteiger partial charge in [0.05, 0.1) is 33.8 Å². The Morgan fingerprint density at radius 3 is 2.28 bits per heavy atom. The van der Waals surface area contributed by atoms with E-state index >= 15 is 0 Å². The lowest BCUT2D eigenvalue weighted by Crippen LogP contribution is -2.23. The number of aliphatic hydroxyl groups excluding tert-OH is 1.